The van der Waals surface area contributed by atoms with Crippen molar-refractivity contribution >= 4 is 75.0 Å². The molecule has 1 saturated heterocycles. The largest absolute Gasteiger partial charge is 0.406 e. The predicted octanol–water partition coefficient (Wildman–Crippen LogP) is 9.29. The number of hydrogen-bond donors (Lipinski definition) is 2. The Hall–Kier alpha value is -3.63. The van der Waals surface area contributed by atoms with Gasteiger partial charge in [-0.15, -0.1) is 0 Å². The molecule has 0 saturated carbocycles. The molecule has 3 heterocycles. The number of aryl methyl sites for hydroxylation is 1. The Morgan fingerprint density at radius 3 is 2.11 bits per heavy atom. The van der Waals surface area contributed by atoms with E-state index < -0.39 is 25.6 Å². The maximum absolute atomic E-state index is 13.0. The standard InChI is InChI=1S/C39H36Br2N2O8S2/c1-2-26(22-37-42(19-3-4-21-52(44,45)46)33-24-29(11-17-35(33)50-37)27-7-13-31(40)14-8-27)23-38-43(20-5-6-39(43)53(47,48)49)34-25-30(12-18-36(34)51-38)28-9-15-32(41)16-10-28/h7-18,22-25,39H,2-6,19-21H2,1H3/p+2. The Morgan fingerprint density at radius 2 is 1.49 bits per heavy atom. The van der Waals surface area contributed by atoms with Crippen molar-refractivity contribution in [3.63, 3.8) is 0 Å². The monoisotopic (exact) mass is 884 g/mol. The van der Waals surface area contributed by atoms with Crippen LogP contribution in [0.25, 0.3) is 39.4 Å². The van der Waals surface area contributed by atoms with Crippen molar-refractivity contribution < 1.29 is 39.7 Å². The van der Waals surface area contributed by atoms with Crippen molar-refractivity contribution in [3.8, 4) is 28.0 Å². The Morgan fingerprint density at radius 1 is 0.868 bits per heavy atom. The molecule has 10 nitrogen and oxygen atoms in total. The van der Waals surface area contributed by atoms with Gasteiger partial charge in [0.05, 0.1) is 18.4 Å². The van der Waals surface area contributed by atoms with Gasteiger partial charge in [0.25, 0.3) is 15.6 Å². The molecule has 0 aliphatic carbocycles. The zero-order chi connectivity index (χ0) is 37.5. The molecule has 2 atom stereocenters. The van der Waals surface area contributed by atoms with Crippen LogP contribution in [0.15, 0.2) is 116 Å². The molecule has 2 aliphatic heterocycles. The number of benzene rings is 4. The van der Waals surface area contributed by atoms with E-state index >= 15 is 0 Å². The molecule has 0 bridgehead atoms. The van der Waals surface area contributed by atoms with E-state index in [1.54, 1.807) is 0 Å². The number of unbranched alkanes of at least 4 members (excludes halogenated alkanes) is 1. The second-order valence-corrected chi connectivity index (χ2v) is 18.3. The fourth-order valence-corrected chi connectivity index (χ4v) is 9.70. The van der Waals surface area contributed by atoms with Gasteiger partial charge in [-0.3, -0.25) is 9.11 Å². The normalized spacial score (nSPS) is 19.7. The zero-order valence-corrected chi connectivity index (χ0v) is 33.6. The van der Waals surface area contributed by atoms with Gasteiger partial charge in [0.1, 0.15) is 0 Å². The van der Waals surface area contributed by atoms with Crippen molar-refractivity contribution in [2.45, 2.75) is 50.9 Å². The van der Waals surface area contributed by atoms with Crippen molar-refractivity contribution in [2.24, 2.45) is 0 Å². The van der Waals surface area contributed by atoms with Crippen LogP contribution < -0.4 is 13.8 Å². The molecule has 2 aliphatic rings. The fraction of sp³-hybridized carbons (Fsp3) is 0.256. The van der Waals surface area contributed by atoms with Crippen LogP contribution in [0.5, 0.6) is 5.75 Å². The molecule has 4 aromatic carbocycles. The summed E-state index contributed by atoms with van der Waals surface area (Å²) in [6.45, 7) is 2.81. The number of oxazole rings is 1. The Balaban J connectivity index is 1.33. The summed E-state index contributed by atoms with van der Waals surface area (Å²) in [5.41, 5.74) is 6.74. The van der Waals surface area contributed by atoms with Crippen molar-refractivity contribution in [1.82, 2.24) is 4.48 Å². The number of ether oxygens (including phenoxy) is 1. The Kier molecular flexibility index (Phi) is 10.6. The van der Waals surface area contributed by atoms with E-state index in [1.807, 2.05) is 109 Å². The van der Waals surface area contributed by atoms with E-state index in [9.17, 15) is 25.9 Å². The summed E-state index contributed by atoms with van der Waals surface area (Å²) in [5, 5.41) is -1.15. The van der Waals surface area contributed by atoms with Gasteiger partial charge in [-0.2, -0.15) is 21.4 Å². The minimum atomic E-state index is -4.49. The van der Waals surface area contributed by atoms with Crippen LogP contribution in [-0.4, -0.2) is 43.6 Å². The molecule has 7 rings (SSSR count). The number of aromatic nitrogens is 1. The highest BCUT2D eigenvalue weighted by molar-refractivity contribution is 9.10. The summed E-state index contributed by atoms with van der Waals surface area (Å²) in [6, 6.07) is 27.5. The van der Waals surface area contributed by atoms with Crippen molar-refractivity contribution in [1.29, 1.82) is 0 Å². The van der Waals surface area contributed by atoms with Crippen LogP contribution in [-0.2, 0) is 26.8 Å². The van der Waals surface area contributed by atoms with E-state index in [-0.39, 0.29) is 23.1 Å². The van der Waals surface area contributed by atoms with Crippen LogP contribution >= 0.6 is 31.9 Å². The lowest BCUT2D eigenvalue weighted by atomic mass is 10.0. The summed E-state index contributed by atoms with van der Waals surface area (Å²) in [4.78, 5) is 0. The lowest BCUT2D eigenvalue weighted by molar-refractivity contribution is -0.678. The summed E-state index contributed by atoms with van der Waals surface area (Å²) >= 11 is 6.98. The minimum absolute atomic E-state index is 0.164. The molecule has 1 fully saturated rings. The Labute approximate surface area is 325 Å². The Bertz CT molecular complexity index is 2480. The number of allylic oxidation sites excluding steroid dienone is 2. The van der Waals surface area contributed by atoms with E-state index in [1.165, 1.54) is 0 Å². The maximum atomic E-state index is 13.0. The molecule has 2 N–H and O–H groups in total. The third-order valence-electron chi connectivity index (χ3n) is 9.94. The highest BCUT2D eigenvalue weighted by atomic mass is 79.9. The second-order valence-electron chi connectivity index (χ2n) is 13.3. The molecule has 1 aromatic heterocycles. The van der Waals surface area contributed by atoms with E-state index in [2.05, 4.69) is 31.9 Å². The average molecular weight is 887 g/mol. The minimum Gasteiger partial charge on any atom is -0.406 e. The second kappa shape index (κ2) is 14.9. The van der Waals surface area contributed by atoms with Gasteiger partial charge in [0, 0.05) is 46.4 Å². The SMILES string of the molecule is CCC(=Cc1oc2ccc(-c3ccc(Br)cc3)cc2[n+]1CCCCS(=O)(=O)O)C=C1Oc2ccc(-c3ccc(Br)cc3)cc2[N+]12CCCC2S(=O)(=O)O. The molecule has 53 heavy (non-hydrogen) atoms. The zero-order valence-electron chi connectivity index (χ0n) is 28.8. The van der Waals surface area contributed by atoms with Crippen LogP contribution in [0.4, 0.5) is 5.69 Å². The van der Waals surface area contributed by atoms with Crippen molar-refractivity contribution in [2.75, 3.05) is 12.3 Å². The first kappa shape index (κ1) is 37.7. The molecular formula is C39H38Br2N2O8S2+2. The summed E-state index contributed by atoms with van der Waals surface area (Å²) in [7, 11) is -8.60. The summed E-state index contributed by atoms with van der Waals surface area (Å²) < 4.78 is 85.6. The van der Waals surface area contributed by atoms with E-state index in [4.69, 9.17) is 9.15 Å². The van der Waals surface area contributed by atoms with Crippen LogP contribution in [0.2, 0.25) is 0 Å². The number of hydrogen-bond acceptors (Lipinski definition) is 6. The van der Waals surface area contributed by atoms with Gasteiger partial charge in [0.2, 0.25) is 11.0 Å². The van der Waals surface area contributed by atoms with E-state index in [0.717, 1.165) is 42.3 Å². The molecule has 2 unspecified atom stereocenters. The number of halogens is 2. The fourth-order valence-electron chi connectivity index (χ4n) is 7.36. The third-order valence-corrected chi connectivity index (χ3v) is 13.1. The number of nitrogens with zero attached hydrogens (tertiary/aromatic N) is 2. The van der Waals surface area contributed by atoms with E-state index in [0.29, 0.717) is 61.1 Å². The van der Waals surface area contributed by atoms with Gasteiger partial charge in [-0.25, -0.2) is 4.48 Å². The van der Waals surface area contributed by atoms with Gasteiger partial charge in [-0.05, 0) is 77.1 Å². The van der Waals surface area contributed by atoms with Crippen LogP contribution in [0, 0.1) is 0 Å². The van der Waals surface area contributed by atoms with Crippen LogP contribution in [0.1, 0.15) is 44.9 Å². The molecular weight excluding hydrogens is 848 g/mol. The molecule has 0 amide bonds. The first-order chi connectivity index (χ1) is 25.2. The molecule has 1 spiro atoms. The lowest BCUT2D eigenvalue weighted by Gasteiger charge is -2.32. The smallest absolute Gasteiger partial charge is 0.374 e. The number of rotatable bonds is 11. The van der Waals surface area contributed by atoms with Gasteiger partial charge in [0.15, 0.2) is 18.0 Å². The molecule has 0 radical (unpaired) electrons. The number of quaternary nitrogens is 1. The maximum Gasteiger partial charge on any atom is 0.374 e. The third kappa shape index (κ3) is 7.81. The predicted molar refractivity (Wildman–Crippen MR) is 213 cm³/mol. The highest BCUT2D eigenvalue weighted by Gasteiger charge is 2.59. The quantitative estimate of drug-likeness (QED) is 0.0581. The first-order valence-electron chi connectivity index (χ1n) is 17.3. The van der Waals surface area contributed by atoms with Crippen molar-refractivity contribution in [3.05, 3.63) is 117 Å². The summed E-state index contributed by atoms with van der Waals surface area (Å²) in [5.74, 6) is 1.10. The molecule has 5 aromatic rings. The van der Waals surface area contributed by atoms with Crippen LogP contribution in [0.3, 0.4) is 0 Å². The lowest BCUT2D eigenvalue weighted by Crippen LogP contribution is -2.54. The highest BCUT2D eigenvalue weighted by Crippen LogP contribution is 2.53. The topological polar surface area (TPSA) is 135 Å². The van der Waals surface area contributed by atoms with Gasteiger partial charge >= 0.3 is 21.9 Å². The molecule has 14 heteroatoms. The average Bonchev–Trinajstić information content (AvgIpc) is 3.80. The summed E-state index contributed by atoms with van der Waals surface area (Å²) in [6.07, 6.45) is 5.82. The molecule has 276 valence electrons. The van der Waals surface area contributed by atoms with Gasteiger partial charge < -0.3 is 9.15 Å². The first-order valence-corrected chi connectivity index (χ1v) is 22.0. The number of fused-ring (bicyclic) bond motifs is 3. The van der Waals surface area contributed by atoms with Gasteiger partial charge in [-0.1, -0.05) is 75.2 Å².